The van der Waals surface area contributed by atoms with Gasteiger partial charge in [0.15, 0.2) is 0 Å². The van der Waals surface area contributed by atoms with Crippen LogP contribution >= 0.6 is 0 Å². The average molecular weight is 389 g/mol. The Kier molecular flexibility index (Phi) is 5.87. The molecule has 2 amide bonds. The summed E-state index contributed by atoms with van der Waals surface area (Å²) >= 11 is 0. The third-order valence-electron chi connectivity index (χ3n) is 4.16. The summed E-state index contributed by atoms with van der Waals surface area (Å²) in [5.74, 6) is 0.505. The number of carbonyl (C=O) groups is 2. The number of rotatable bonds is 5. The lowest BCUT2D eigenvalue weighted by atomic mass is 10.1. The molecule has 148 valence electrons. The van der Waals surface area contributed by atoms with Gasteiger partial charge in [0.25, 0.3) is 5.91 Å². The van der Waals surface area contributed by atoms with E-state index in [-0.39, 0.29) is 17.5 Å². The van der Waals surface area contributed by atoms with Crippen molar-refractivity contribution >= 4 is 34.7 Å². The van der Waals surface area contributed by atoms with Crippen molar-refractivity contribution in [1.29, 1.82) is 0 Å². The lowest BCUT2D eigenvalue weighted by molar-refractivity contribution is -0.114. The van der Waals surface area contributed by atoms with E-state index in [1.54, 1.807) is 25.1 Å². The highest BCUT2D eigenvalue weighted by Crippen LogP contribution is 2.21. The van der Waals surface area contributed by atoms with Crippen LogP contribution in [0.3, 0.4) is 0 Å². The minimum Gasteiger partial charge on any atom is -0.340 e. The summed E-state index contributed by atoms with van der Waals surface area (Å²) in [6, 6.07) is 14.7. The van der Waals surface area contributed by atoms with Crippen LogP contribution in [-0.4, -0.2) is 21.8 Å². The summed E-state index contributed by atoms with van der Waals surface area (Å²) in [4.78, 5) is 32.6. The Bertz CT molecular complexity index is 1080. The summed E-state index contributed by atoms with van der Waals surface area (Å²) in [6.07, 6.45) is 0. The molecule has 0 bridgehead atoms. The highest BCUT2D eigenvalue weighted by atomic mass is 16.2. The van der Waals surface area contributed by atoms with Gasteiger partial charge in [0.2, 0.25) is 5.91 Å². The molecular formula is C22H23N5O2. The molecule has 7 heteroatoms. The average Bonchev–Trinajstić information content (AvgIpc) is 2.63. The van der Waals surface area contributed by atoms with Crippen molar-refractivity contribution in [2.75, 3.05) is 16.0 Å². The molecule has 0 aliphatic heterocycles. The smallest absolute Gasteiger partial charge is 0.274 e. The standard InChI is InChI=1S/C22H23N5O2/c1-13-8-9-19(14(2)10-13)27-22(29)20-12-21(24-15(3)23-20)26-18-7-5-6-17(11-18)25-16(4)28/h5-12H,1-4H3,(H,25,28)(H,27,29)(H,23,24,26). The zero-order valence-corrected chi connectivity index (χ0v) is 16.8. The number of amides is 2. The molecule has 0 fully saturated rings. The Labute approximate surface area is 169 Å². The summed E-state index contributed by atoms with van der Waals surface area (Å²) < 4.78 is 0. The summed E-state index contributed by atoms with van der Waals surface area (Å²) in [5.41, 5.74) is 4.52. The fraction of sp³-hybridized carbons (Fsp3) is 0.182. The lowest BCUT2D eigenvalue weighted by Gasteiger charge is -2.11. The van der Waals surface area contributed by atoms with E-state index in [0.29, 0.717) is 17.3 Å². The molecule has 0 radical (unpaired) electrons. The number of benzene rings is 2. The fourth-order valence-corrected chi connectivity index (χ4v) is 2.91. The van der Waals surface area contributed by atoms with Gasteiger partial charge in [0.1, 0.15) is 17.3 Å². The van der Waals surface area contributed by atoms with E-state index >= 15 is 0 Å². The van der Waals surface area contributed by atoms with Crippen LogP contribution in [-0.2, 0) is 4.79 Å². The Balaban J connectivity index is 1.80. The van der Waals surface area contributed by atoms with Crippen molar-refractivity contribution in [1.82, 2.24) is 9.97 Å². The zero-order valence-electron chi connectivity index (χ0n) is 16.8. The maximum absolute atomic E-state index is 12.7. The van der Waals surface area contributed by atoms with E-state index in [9.17, 15) is 9.59 Å². The second-order valence-electron chi connectivity index (χ2n) is 6.85. The maximum atomic E-state index is 12.7. The maximum Gasteiger partial charge on any atom is 0.274 e. The van der Waals surface area contributed by atoms with Crippen molar-refractivity contribution in [3.63, 3.8) is 0 Å². The van der Waals surface area contributed by atoms with E-state index < -0.39 is 0 Å². The molecule has 0 aliphatic rings. The van der Waals surface area contributed by atoms with Crippen LogP contribution in [0.1, 0.15) is 34.4 Å². The number of aryl methyl sites for hydroxylation is 3. The van der Waals surface area contributed by atoms with Gasteiger partial charge in [-0.1, -0.05) is 23.8 Å². The normalized spacial score (nSPS) is 10.3. The van der Waals surface area contributed by atoms with Crippen LogP contribution in [0.2, 0.25) is 0 Å². The van der Waals surface area contributed by atoms with Gasteiger partial charge in [0.05, 0.1) is 0 Å². The highest BCUT2D eigenvalue weighted by Gasteiger charge is 2.12. The molecule has 0 aliphatic carbocycles. The molecular weight excluding hydrogens is 366 g/mol. The Hall–Kier alpha value is -3.74. The first-order chi connectivity index (χ1) is 13.8. The van der Waals surface area contributed by atoms with Crippen LogP contribution in [0.5, 0.6) is 0 Å². The molecule has 3 aromatic rings. The van der Waals surface area contributed by atoms with Crippen molar-refractivity contribution in [2.45, 2.75) is 27.7 Å². The lowest BCUT2D eigenvalue weighted by Crippen LogP contribution is -2.16. The number of nitrogens with zero attached hydrogens (tertiary/aromatic N) is 2. The van der Waals surface area contributed by atoms with Crippen molar-refractivity contribution in [3.8, 4) is 0 Å². The Morgan fingerprint density at radius 1 is 0.862 bits per heavy atom. The van der Waals surface area contributed by atoms with E-state index in [0.717, 1.165) is 22.5 Å². The second-order valence-corrected chi connectivity index (χ2v) is 6.85. The molecule has 29 heavy (non-hydrogen) atoms. The van der Waals surface area contributed by atoms with Crippen LogP contribution in [0, 0.1) is 20.8 Å². The van der Waals surface area contributed by atoms with Crippen LogP contribution in [0.4, 0.5) is 22.9 Å². The third-order valence-corrected chi connectivity index (χ3v) is 4.16. The highest BCUT2D eigenvalue weighted by molar-refractivity contribution is 6.03. The third kappa shape index (κ3) is 5.38. The SMILES string of the molecule is CC(=O)Nc1cccc(Nc2cc(C(=O)Nc3ccc(C)cc3C)nc(C)n2)c1. The number of hydrogen-bond donors (Lipinski definition) is 3. The van der Waals surface area contributed by atoms with Gasteiger partial charge in [-0.2, -0.15) is 0 Å². The fourth-order valence-electron chi connectivity index (χ4n) is 2.91. The number of aromatic nitrogens is 2. The first-order valence-electron chi connectivity index (χ1n) is 9.19. The van der Waals surface area contributed by atoms with Gasteiger partial charge in [-0.05, 0) is 50.6 Å². The zero-order chi connectivity index (χ0) is 21.0. The summed E-state index contributed by atoms with van der Waals surface area (Å²) in [7, 11) is 0. The monoisotopic (exact) mass is 389 g/mol. The predicted octanol–water partition coefficient (Wildman–Crippen LogP) is 4.36. The van der Waals surface area contributed by atoms with E-state index in [1.165, 1.54) is 6.92 Å². The molecule has 1 aromatic heterocycles. The van der Waals surface area contributed by atoms with Gasteiger partial charge < -0.3 is 16.0 Å². The van der Waals surface area contributed by atoms with E-state index in [4.69, 9.17) is 0 Å². The van der Waals surface area contributed by atoms with Crippen LogP contribution in [0.25, 0.3) is 0 Å². The van der Waals surface area contributed by atoms with Crippen LogP contribution < -0.4 is 16.0 Å². The van der Waals surface area contributed by atoms with Gasteiger partial charge >= 0.3 is 0 Å². The van der Waals surface area contributed by atoms with Gasteiger partial charge in [-0.3, -0.25) is 9.59 Å². The minimum absolute atomic E-state index is 0.148. The van der Waals surface area contributed by atoms with E-state index in [1.807, 2.05) is 44.2 Å². The van der Waals surface area contributed by atoms with Crippen LogP contribution in [0.15, 0.2) is 48.5 Å². The quantitative estimate of drug-likeness (QED) is 0.603. The largest absolute Gasteiger partial charge is 0.340 e. The first kappa shape index (κ1) is 20.0. The van der Waals surface area contributed by atoms with Gasteiger partial charge in [-0.15, -0.1) is 0 Å². The van der Waals surface area contributed by atoms with E-state index in [2.05, 4.69) is 25.9 Å². The molecule has 3 rings (SSSR count). The van der Waals surface area contributed by atoms with Gasteiger partial charge in [0, 0.05) is 30.1 Å². The molecule has 7 nitrogen and oxygen atoms in total. The molecule has 3 N–H and O–H groups in total. The number of anilines is 4. The predicted molar refractivity (Wildman–Crippen MR) is 115 cm³/mol. The number of nitrogens with one attached hydrogen (secondary N) is 3. The minimum atomic E-state index is -0.308. The molecule has 1 heterocycles. The molecule has 0 saturated heterocycles. The number of carbonyl (C=O) groups excluding carboxylic acids is 2. The molecule has 0 unspecified atom stereocenters. The Morgan fingerprint density at radius 2 is 1.62 bits per heavy atom. The van der Waals surface area contributed by atoms with Crippen molar-refractivity contribution in [2.24, 2.45) is 0 Å². The molecule has 0 saturated carbocycles. The van der Waals surface area contributed by atoms with Gasteiger partial charge in [-0.25, -0.2) is 9.97 Å². The summed E-state index contributed by atoms with van der Waals surface area (Å²) in [6.45, 7) is 7.13. The van der Waals surface area contributed by atoms with Crippen molar-refractivity contribution < 1.29 is 9.59 Å². The molecule has 0 spiro atoms. The first-order valence-corrected chi connectivity index (χ1v) is 9.19. The topological polar surface area (TPSA) is 96.0 Å². The van der Waals surface area contributed by atoms with Crippen molar-refractivity contribution in [3.05, 3.63) is 71.2 Å². The number of hydrogen-bond acceptors (Lipinski definition) is 5. The second kappa shape index (κ2) is 8.52. The molecule has 2 aromatic carbocycles. The summed E-state index contributed by atoms with van der Waals surface area (Å²) in [5, 5.41) is 8.78. The molecule has 0 atom stereocenters. The Morgan fingerprint density at radius 3 is 2.34 bits per heavy atom.